The zero-order valence-electron chi connectivity index (χ0n) is 15.9. The van der Waals surface area contributed by atoms with Crippen LogP contribution in [0.4, 0.5) is 5.69 Å². The van der Waals surface area contributed by atoms with E-state index in [0.29, 0.717) is 21.7 Å². The highest BCUT2D eigenvalue weighted by Gasteiger charge is 2.20. The third kappa shape index (κ3) is 4.87. The van der Waals surface area contributed by atoms with Crippen molar-refractivity contribution in [3.05, 3.63) is 53.6 Å². The maximum Gasteiger partial charge on any atom is 0.365 e. The number of benzene rings is 2. The van der Waals surface area contributed by atoms with Gasteiger partial charge in [-0.2, -0.15) is 5.10 Å². The highest BCUT2D eigenvalue weighted by Crippen LogP contribution is 2.26. The number of hydrogen-bond donors (Lipinski definition) is 1. The van der Waals surface area contributed by atoms with E-state index in [1.807, 2.05) is 24.3 Å². The van der Waals surface area contributed by atoms with Gasteiger partial charge in [-0.1, -0.05) is 23.7 Å². The third-order valence-corrected chi connectivity index (χ3v) is 5.20. The molecule has 0 aliphatic carbocycles. The Morgan fingerprint density at radius 1 is 1.14 bits per heavy atom. The van der Waals surface area contributed by atoms with Crippen LogP contribution in [-0.4, -0.2) is 40.0 Å². The Balaban J connectivity index is 1.84. The number of rotatable bonds is 5. The lowest BCUT2D eigenvalue weighted by Crippen LogP contribution is -2.15. The average Bonchev–Trinajstić information content (AvgIpc) is 3.11. The summed E-state index contributed by atoms with van der Waals surface area (Å²) in [6, 6.07) is 14.5. The number of hydrazone groups is 1. The molecule has 1 aromatic heterocycles. The van der Waals surface area contributed by atoms with Gasteiger partial charge in [0.15, 0.2) is 11.0 Å². The van der Waals surface area contributed by atoms with Crippen LogP contribution in [0, 0.1) is 0 Å². The van der Waals surface area contributed by atoms with E-state index in [2.05, 4.69) is 20.7 Å². The van der Waals surface area contributed by atoms with Gasteiger partial charge >= 0.3 is 5.97 Å². The standard InChI is InChI=1S/C19H18ClN5O3S/c1-25-16(12-8-10-13(27-2)11-9-12)22-24-19(25)29-17(18(26)28-3)23-21-15-7-5-4-6-14(15)20/h4-11,21H,1-3H3/b23-17+. The molecule has 0 aliphatic rings. The van der Waals surface area contributed by atoms with Gasteiger partial charge in [0, 0.05) is 12.6 Å². The Bertz CT molecular complexity index is 1040. The van der Waals surface area contributed by atoms with Crippen LogP contribution in [0.25, 0.3) is 11.4 Å². The first-order valence-electron chi connectivity index (χ1n) is 8.41. The number of esters is 1. The topological polar surface area (TPSA) is 90.6 Å². The zero-order valence-corrected chi connectivity index (χ0v) is 17.5. The summed E-state index contributed by atoms with van der Waals surface area (Å²) < 4.78 is 11.8. The third-order valence-electron chi connectivity index (χ3n) is 3.88. The molecule has 0 spiro atoms. The van der Waals surface area contributed by atoms with Crippen molar-refractivity contribution < 1.29 is 14.3 Å². The number of methoxy groups -OCH3 is 2. The number of ether oxygens (including phenoxy) is 2. The van der Waals surface area contributed by atoms with Crippen LogP contribution in [0.15, 0.2) is 58.8 Å². The van der Waals surface area contributed by atoms with Crippen LogP contribution in [0.2, 0.25) is 5.02 Å². The minimum atomic E-state index is -0.608. The maximum absolute atomic E-state index is 12.2. The molecule has 3 aromatic rings. The van der Waals surface area contributed by atoms with Gasteiger partial charge in [-0.05, 0) is 48.2 Å². The average molecular weight is 432 g/mol. The van der Waals surface area contributed by atoms with Gasteiger partial charge in [0.2, 0.25) is 5.04 Å². The van der Waals surface area contributed by atoms with Crippen molar-refractivity contribution in [2.45, 2.75) is 5.16 Å². The summed E-state index contributed by atoms with van der Waals surface area (Å²) in [5, 5.41) is 13.5. The normalized spacial score (nSPS) is 11.2. The van der Waals surface area contributed by atoms with Crippen LogP contribution in [0.3, 0.4) is 0 Å². The molecule has 0 unspecified atom stereocenters. The fourth-order valence-corrected chi connectivity index (χ4v) is 3.26. The molecule has 8 nitrogen and oxygen atoms in total. The molecule has 150 valence electrons. The van der Waals surface area contributed by atoms with E-state index < -0.39 is 5.97 Å². The van der Waals surface area contributed by atoms with Crippen LogP contribution in [0.5, 0.6) is 5.75 Å². The molecule has 2 aromatic carbocycles. The van der Waals surface area contributed by atoms with Gasteiger partial charge in [0.05, 0.1) is 24.9 Å². The second-order valence-corrected chi connectivity index (χ2v) is 7.06. The highest BCUT2D eigenvalue weighted by atomic mass is 35.5. The summed E-state index contributed by atoms with van der Waals surface area (Å²) in [6.45, 7) is 0. The molecule has 0 amide bonds. The number of nitrogens with zero attached hydrogens (tertiary/aromatic N) is 4. The molecule has 0 saturated heterocycles. The van der Waals surface area contributed by atoms with E-state index in [1.54, 1.807) is 43.0 Å². The maximum atomic E-state index is 12.2. The Hall–Kier alpha value is -3.04. The number of carbonyl (C=O) groups excluding carboxylic acids is 1. The molecule has 0 saturated carbocycles. The lowest BCUT2D eigenvalue weighted by molar-refractivity contribution is -0.132. The van der Waals surface area contributed by atoms with Crippen molar-refractivity contribution >= 4 is 40.1 Å². The van der Waals surface area contributed by atoms with Crippen molar-refractivity contribution in [1.82, 2.24) is 14.8 Å². The molecule has 0 bridgehead atoms. The Morgan fingerprint density at radius 3 is 2.52 bits per heavy atom. The Labute approximate surface area is 176 Å². The molecule has 29 heavy (non-hydrogen) atoms. The summed E-state index contributed by atoms with van der Waals surface area (Å²) in [5.74, 6) is 0.776. The molecule has 0 atom stereocenters. The van der Waals surface area contributed by atoms with E-state index >= 15 is 0 Å². The van der Waals surface area contributed by atoms with Gasteiger partial charge in [-0.3, -0.25) is 5.43 Å². The number of anilines is 1. The highest BCUT2D eigenvalue weighted by molar-refractivity contribution is 8.15. The van der Waals surface area contributed by atoms with Gasteiger partial charge in [-0.15, -0.1) is 10.2 Å². The molecule has 0 fully saturated rings. The SMILES string of the molecule is COC(=O)/C(=N\Nc1ccccc1Cl)Sc1nnc(-c2ccc(OC)cc2)n1C. The fourth-order valence-electron chi connectivity index (χ4n) is 2.34. The lowest BCUT2D eigenvalue weighted by atomic mass is 10.2. The molecule has 1 heterocycles. The molecule has 3 rings (SSSR count). The molecule has 1 N–H and O–H groups in total. The first-order chi connectivity index (χ1) is 14.0. The zero-order chi connectivity index (χ0) is 20.8. The van der Waals surface area contributed by atoms with E-state index in [1.165, 1.54) is 7.11 Å². The summed E-state index contributed by atoms with van der Waals surface area (Å²) in [5.41, 5.74) is 4.20. The number of para-hydroxylation sites is 1. The first kappa shape index (κ1) is 20.7. The van der Waals surface area contributed by atoms with Crippen molar-refractivity contribution in [2.24, 2.45) is 12.1 Å². The monoisotopic (exact) mass is 431 g/mol. The second kappa shape index (κ2) is 9.44. The molecular formula is C19H18ClN5O3S. The number of halogens is 1. The van der Waals surface area contributed by atoms with Crippen LogP contribution in [-0.2, 0) is 16.6 Å². The number of aromatic nitrogens is 3. The minimum Gasteiger partial charge on any atom is -0.497 e. The molecule has 0 aliphatic heterocycles. The van der Waals surface area contributed by atoms with Gasteiger partial charge in [-0.25, -0.2) is 4.79 Å². The summed E-state index contributed by atoms with van der Waals surface area (Å²) in [6.07, 6.45) is 0. The van der Waals surface area contributed by atoms with Crippen molar-refractivity contribution in [3.8, 4) is 17.1 Å². The molecule has 0 radical (unpaired) electrons. The van der Waals surface area contributed by atoms with E-state index in [9.17, 15) is 4.79 Å². The lowest BCUT2D eigenvalue weighted by Gasteiger charge is -2.07. The van der Waals surface area contributed by atoms with Gasteiger partial charge in [0.25, 0.3) is 0 Å². The van der Waals surface area contributed by atoms with Crippen molar-refractivity contribution in [3.63, 3.8) is 0 Å². The van der Waals surface area contributed by atoms with Crippen molar-refractivity contribution in [2.75, 3.05) is 19.6 Å². The quantitative estimate of drug-likeness (QED) is 0.216. The largest absolute Gasteiger partial charge is 0.497 e. The predicted octanol–water partition coefficient (Wildman–Crippen LogP) is 3.83. The van der Waals surface area contributed by atoms with E-state index in [0.717, 1.165) is 23.1 Å². The Morgan fingerprint density at radius 2 is 1.86 bits per heavy atom. The first-order valence-corrected chi connectivity index (χ1v) is 9.61. The Kier molecular flexibility index (Phi) is 6.73. The summed E-state index contributed by atoms with van der Waals surface area (Å²) in [7, 11) is 4.70. The van der Waals surface area contributed by atoms with Crippen LogP contribution >= 0.6 is 23.4 Å². The number of hydrogen-bond acceptors (Lipinski definition) is 8. The number of carbonyl (C=O) groups is 1. The van der Waals surface area contributed by atoms with Crippen LogP contribution in [0.1, 0.15) is 0 Å². The fraction of sp³-hybridized carbons (Fsp3) is 0.158. The van der Waals surface area contributed by atoms with Gasteiger partial charge in [0.1, 0.15) is 5.75 Å². The smallest absolute Gasteiger partial charge is 0.365 e. The van der Waals surface area contributed by atoms with E-state index in [4.69, 9.17) is 21.1 Å². The number of thioether (sulfide) groups is 1. The van der Waals surface area contributed by atoms with Crippen LogP contribution < -0.4 is 10.2 Å². The summed E-state index contributed by atoms with van der Waals surface area (Å²) in [4.78, 5) is 12.2. The van der Waals surface area contributed by atoms with Crippen molar-refractivity contribution in [1.29, 1.82) is 0 Å². The molecule has 10 heteroatoms. The number of nitrogens with one attached hydrogen (secondary N) is 1. The van der Waals surface area contributed by atoms with Gasteiger partial charge < -0.3 is 14.0 Å². The minimum absolute atomic E-state index is 0.0594. The van der Waals surface area contributed by atoms with E-state index in [-0.39, 0.29) is 5.04 Å². The molecular weight excluding hydrogens is 414 g/mol. The summed E-state index contributed by atoms with van der Waals surface area (Å²) >= 11 is 7.14. The predicted molar refractivity (Wildman–Crippen MR) is 113 cm³/mol. The second-order valence-electron chi connectivity index (χ2n) is 5.70.